The van der Waals surface area contributed by atoms with Crippen molar-refractivity contribution in [1.82, 2.24) is 4.98 Å². The van der Waals surface area contributed by atoms with Crippen molar-refractivity contribution in [1.29, 1.82) is 0 Å². The topological polar surface area (TPSA) is 46.3 Å². The van der Waals surface area contributed by atoms with Crippen molar-refractivity contribution in [3.05, 3.63) is 53.6 Å². The monoisotopic (exact) mass is 239 g/mol. The van der Waals surface area contributed by atoms with Crippen LogP contribution in [0, 0.1) is 6.92 Å². The van der Waals surface area contributed by atoms with Gasteiger partial charge >= 0.3 is 0 Å². The molecule has 0 amide bonds. The zero-order valence-electron chi connectivity index (χ0n) is 10.1. The summed E-state index contributed by atoms with van der Waals surface area (Å²) < 4.78 is 5.74. The van der Waals surface area contributed by atoms with Crippen molar-refractivity contribution >= 4 is 11.1 Å². The molecule has 3 rings (SSSR count). The van der Waals surface area contributed by atoms with Crippen LogP contribution in [0.1, 0.15) is 11.1 Å². The Morgan fingerprint density at radius 1 is 1.17 bits per heavy atom. The highest BCUT2D eigenvalue weighted by atomic mass is 16.3. The van der Waals surface area contributed by atoms with E-state index in [1.165, 1.54) is 0 Å². The molecule has 0 aliphatic heterocycles. The Bertz CT molecular complexity index is 701. The van der Waals surface area contributed by atoms with Gasteiger partial charge in [-0.1, -0.05) is 24.3 Å². The number of aliphatic hydroxyl groups excluding tert-OH is 1. The molecule has 0 spiro atoms. The second kappa shape index (κ2) is 4.27. The van der Waals surface area contributed by atoms with E-state index in [1.54, 1.807) is 0 Å². The Hall–Kier alpha value is -2.13. The van der Waals surface area contributed by atoms with Crippen molar-refractivity contribution < 1.29 is 9.52 Å². The van der Waals surface area contributed by atoms with Gasteiger partial charge in [-0.05, 0) is 36.2 Å². The fourth-order valence-corrected chi connectivity index (χ4v) is 2.00. The maximum Gasteiger partial charge on any atom is 0.227 e. The third-order valence-electron chi connectivity index (χ3n) is 3.01. The lowest BCUT2D eigenvalue weighted by atomic mass is 10.1. The zero-order chi connectivity index (χ0) is 12.5. The second-order valence-electron chi connectivity index (χ2n) is 4.29. The van der Waals surface area contributed by atoms with E-state index in [9.17, 15) is 0 Å². The maximum atomic E-state index is 9.11. The molecule has 0 radical (unpaired) electrons. The molecule has 0 aliphatic rings. The van der Waals surface area contributed by atoms with E-state index in [-0.39, 0.29) is 6.61 Å². The van der Waals surface area contributed by atoms with Crippen molar-refractivity contribution in [2.45, 2.75) is 13.5 Å². The first-order chi connectivity index (χ1) is 8.78. The minimum absolute atomic E-state index is 0.0164. The number of fused-ring (bicyclic) bond motifs is 1. The van der Waals surface area contributed by atoms with Crippen LogP contribution in [0.5, 0.6) is 0 Å². The van der Waals surface area contributed by atoms with Crippen LogP contribution in [-0.4, -0.2) is 10.1 Å². The SMILES string of the molecule is Cc1ccccc1-c1nc2cc(CO)ccc2o1. The van der Waals surface area contributed by atoms with Crippen LogP contribution >= 0.6 is 0 Å². The predicted molar refractivity (Wildman–Crippen MR) is 70.1 cm³/mol. The van der Waals surface area contributed by atoms with E-state index in [4.69, 9.17) is 9.52 Å². The van der Waals surface area contributed by atoms with Gasteiger partial charge in [0.1, 0.15) is 5.52 Å². The molecule has 0 atom stereocenters. The Kier molecular flexibility index (Phi) is 2.61. The van der Waals surface area contributed by atoms with Crippen molar-refractivity contribution in [2.75, 3.05) is 0 Å². The molecule has 1 heterocycles. The summed E-state index contributed by atoms with van der Waals surface area (Å²) in [5, 5.41) is 9.11. The molecule has 1 aromatic heterocycles. The zero-order valence-corrected chi connectivity index (χ0v) is 10.1. The Balaban J connectivity index is 2.17. The van der Waals surface area contributed by atoms with Crippen molar-refractivity contribution in [2.24, 2.45) is 0 Å². The number of hydrogen-bond donors (Lipinski definition) is 1. The third-order valence-corrected chi connectivity index (χ3v) is 3.01. The molecule has 0 bridgehead atoms. The first kappa shape index (κ1) is 11.0. The lowest BCUT2D eigenvalue weighted by Crippen LogP contribution is -1.82. The molecule has 0 fully saturated rings. The van der Waals surface area contributed by atoms with Gasteiger partial charge in [0, 0.05) is 5.56 Å². The molecule has 0 saturated carbocycles. The summed E-state index contributed by atoms with van der Waals surface area (Å²) in [4.78, 5) is 4.47. The highest BCUT2D eigenvalue weighted by Gasteiger charge is 2.10. The summed E-state index contributed by atoms with van der Waals surface area (Å²) in [5.74, 6) is 0.623. The van der Waals surface area contributed by atoms with Gasteiger partial charge in [0.15, 0.2) is 5.58 Å². The van der Waals surface area contributed by atoms with Gasteiger partial charge in [-0.15, -0.1) is 0 Å². The Morgan fingerprint density at radius 3 is 2.78 bits per heavy atom. The lowest BCUT2D eigenvalue weighted by Gasteiger charge is -1.98. The van der Waals surface area contributed by atoms with Crippen LogP contribution in [0.2, 0.25) is 0 Å². The fraction of sp³-hybridized carbons (Fsp3) is 0.133. The van der Waals surface area contributed by atoms with E-state index in [2.05, 4.69) is 4.98 Å². The molecule has 3 aromatic rings. The van der Waals surface area contributed by atoms with E-state index in [0.717, 1.165) is 27.8 Å². The standard InChI is InChI=1S/C15H13NO2/c1-10-4-2-3-5-12(10)15-16-13-8-11(9-17)6-7-14(13)18-15/h2-8,17H,9H2,1H3. The Labute approximate surface area is 105 Å². The maximum absolute atomic E-state index is 9.11. The summed E-state index contributed by atoms with van der Waals surface area (Å²) in [5.41, 5.74) is 4.49. The number of aliphatic hydroxyl groups is 1. The van der Waals surface area contributed by atoms with Gasteiger partial charge in [0.05, 0.1) is 6.61 Å². The number of oxazole rings is 1. The van der Waals surface area contributed by atoms with Gasteiger partial charge in [-0.25, -0.2) is 4.98 Å². The molecule has 18 heavy (non-hydrogen) atoms. The minimum Gasteiger partial charge on any atom is -0.436 e. The number of hydrogen-bond acceptors (Lipinski definition) is 3. The fourth-order valence-electron chi connectivity index (χ4n) is 2.00. The quantitative estimate of drug-likeness (QED) is 0.746. The largest absolute Gasteiger partial charge is 0.436 e. The van der Waals surface area contributed by atoms with Crippen molar-refractivity contribution in [3.8, 4) is 11.5 Å². The Morgan fingerprint density at radius 2 is 2.00 bits per heavy atom. The molecule has 3 nitrogen and oxygen atoms in total. The van der Waals surface area contributed by atoms with Crippen LogP contribution in [0.25, 0.3) is 22.6 Å². The second-order valence-corrected chi connectivity index (χ2v) is 4.29. The first-order valence-electron chi connectivity index (χ1n) is 5.84. The number of benzene rings is 2. The molecule has 0 aliphatic carbocycles. The molecule has 0 saturated heterocycles. The highest BCUT2D eigenvalue weighted by molar-refractivity contribution is 5.77. The number of aromatic nitrogens is 1. The number of nitrogens with zero attached hydrogens (tertiary/aromatic N) is 1. The third kappa shape index (κ3) is 1.79. The van der Waals surface area contributed by atoms with Gasteiger partial charge in [-0.3, -0.25) is 0 Å². The molecule has 0 unspecified atom stereocenters. The minimum atomic E-state index is 0.0164. The van der Waals surface area contributed by atoms with Gasteiger partial charge < -0.3 is 9.52 Å². The molecular weight excluding hydrogens is 226 g/mol. The smallest absolute Gasteiger partial charge is 0.227 e. The van der Waals surface area contributed by atoms with Gasteiger partial charge in [0.2, 0.25) is 5.89 Å². The van der Waals surface area contributed by atoms with Crippen LogP contribution in [0.15, 0.2) is 46.9 Å². The van der Waals surface area contributed by atoms with Gasteiger partial charge in [0.25, 0.3) is 0 Å². The van der Waals surface area contributed by atoms with E-state index in [0.29, 0.717) is 5.89 Å². The molecule has 1 N–H and O–H groups in total. The molecule has 3 heteroatoms. The van der Waals surface area contributed by atoms with E-state index >= 15 is 0 Å². The first-order valence-corrected chi connectivity index (χ1v) is 5.84. The van der Waals surface area contributed by atoms with E-state index in [1.807, 2.05) is 49.4 Å². The molecular formula is C15H13NO2. The number of aryl methyl sites for hydroxylation is 1. The predicted octanol–water partition coefficient (Wildman–Crippen LogP) is 3.30. The van der Waals surface area contributed by atoms with Crippen LogP contribution in [0.3, 0.4) is 0 Å². The molecule has 90 valence electrons. The van der Waals surface area contributed by atoms with E-state index < -0.39 is 0 Å². The van der Waals surface area contributed by atoms with Crippen molar-refractivity contribution in [3.63, 3.8) is 0 Å². The summed E-state index contributed by atoms with van der Waals surface area (Å²) in [7, 11) is 0. The average Bonchev–Trinajstić information content (AvgIpc) is 2.81. The summed E-state index contributed by atoms with van der Waals surface area (Å²) in [6.07, 6.45) is 0. The van der Waals surface area contributed by atoms with Crippen LogP contribution < -0.4 is 0 Å². The lowest BCUT2D eigenvalue weighted by molar-refractivity contribution is 0.282. The molecule has 2 aromatic carbocycles. The summed E-state index contributed by atoms with van der Waals surface area (Å²) >= 11 is 0. The summed E-state index contributed by atoms with van der Waals surface area (Å²) in [6, 6.07) is 13.5. The normalized spacial score (nSPS) is 11.0. The van der Waals surface area contributed by atoms with Crippen LogP contribution in [-0.2, 0) is 6.61 Å². The highest BCUT2D eigenvalue weighted by Crippen LogP contribution is 2.27. The van der Waals surface area contributed by atoms with Gasteiger partial charge in [-0.2, -0.15) is 0 Å². The summed E-state index contributed by atoms with van der Waals surface area (Å²) in [6.45, 7) is 2.05. The average molecular weight is 239 g/mol. The van der Waals surface area contributed by atoms with Crippen LogP contribution in [0.4, 0.5) is 0 Å². The number of rotatable bonds is 2.